The number of aromatic nitrogens is 4. The fourth-order valence-corrected chi connectivity index (χ4v) is 1.98. The van der Waals surface area contributed by atoms with Gasteiger partial charge in [0, 0.05) is 19.0 Å². The van der Waals surface area contributed by atoms with Gasteiger partial charge in [-0.05, 0) is 0 Å². The van der Waals surface area contributed by atoms with E-state index in [0.717, 1.165) is 25.4 Å². The van der Waals surface area contributed by atoms with Crippen LogP contribution in [-0.4, -0.2) is 45.7 Å². The van der Waals surface area contributed by atoms with Crippen LogP contribution in [-0.2, 0) is 11.2 Å². The number of imidazole rings is 1. The molecule has 0 spiro atoms. The number of nitrogens with one attached hydrogen (secondary N) is 2. The Labute approximate surface area is 97.8 Å². The molecule has 17 heavy (non-hydrogen) atoms. The van der Waals surface area contributed by atoms with E-state index in [-0.39, 0.29) is 0 Å². The molecule has 1 aliphatic heterocycles. The molecule has 0 amide bonds. The van der Waals surface area contributed by atoms with E-state index >= 15 is 0 Å². The number of fused-ring (bicyclic) bond motifs is 1. The van der Waals surface area contributed by atoms with Crippen molar-refractivity contribution < 1.29 is 4.74 Å². The SMILES string of the molecule is Nc1ncnc2nc(CC3COCCN3)[nH]c12. The van der Waals surface area contributed by atoms with Gasteiger partial charge in [0.1, 0.15) is 17.7 Å². The third-order valence-electron chi connectivity index (χ3n) is 2.80. The maximum atomic E-state index is 5.74. The van der Waals surface area contributed by atoms with Crippen molar-refractivity contribution in [2.24, 2.45) is 0 Å². The van der Waals surface area contributed by atoms with Gasteiger partial charge in [-0.15, -0.1) is 0 Å². The minimum absolute atomic E-state index is 0.290. The second kappa shape index (κ2) is 4.27. The van der Waals surface area contributed by atoms with Crippen molar-refractivity contribution in [1.29, 1.82) is 0 Å². The Bertz CT molecular complexity index is 518. The lowest BCUT2D eigenvalue weighted by atomic mass is 10.2. The minimum Gasteiger partial charge on any atom is -0.382 e. The van der Waals surface area contributed by atoms with Gasteiger partial charge in [0.15, 0.2) is 11.5 Å². The van der Waals surface area contributed by atoms with Gasteiger partial charge in [-0.1, -0.05) is 0 Å². The first-order chi connectivity index (χ1) is 8.33. The van der Waals surface area contributed by atoms with E-state index < -0.39 is 0 Å². The molecule has 90 valence electrons. The van der Waals surface area contributed by atoms with Crippen LogP contribution in [0.25, 0.3) is 11.2 Å². The molecule has 0 aromatic carbocycles. The minimum atomic E-state index is 0.290. The predicted molar refractivity (Wildman–Crippen MR) is 62.4 cm³/mol. The van der Waals surface area contributed by atoms with Crippen LogP contribution in [0.2, 0.25) is 0 Å². The maximum absolute atomic E-state index is 5.74. The number of hydrogen-bond acceptors (Lipinski definition) is 6. The smallest absolute Gasteiger partial charge is 0.183 e. The Hall–Kier alpha value is -1.73. The number of nitrogen functional groups attached to an aromatic ring is 1. The number of nitrogens with two attached hydrogens (primary N) is 1. The predicted octanol–water partition coefficient (Wildman–Crippen LogP) is -0.534. The number of nitrogens with zero attached hydrogens (tertiary/aromatic N) is 3. The van der Waals surface area contributed by atoms with Crippen LogP contribution >= 0.6 is 0 Å². The van der Waals surface area contributed by atoms with E-state index in [1.165, 1.54) is 6.33 Å². The summed E-state index contributed by atoms with van der Waals surface area (Å²) in [5.74, 6) is 1.29. The zero-order chi connectivity index (χ0) is 11.7. The van der Waals surface area contributed by atoms with Gasteiger partial charge in [0.2, 0.25) is 0 Å². The average Bonchev–Trinajstić information content (AvgIpc) is 2.74. The Kier molecular flexibility index (Phi) is 2.62. The number of H-pyrrole nitrogens is 1. The highest BCUT2D eigenvalue weighted by Gasteiger charge is 2.16. The molecule has 2 aromatic heterocycles. The third-order valence-corrected chi connectivity index (χ3v) is 2.80. The average molecular weight is 234 g/mol. The zero-order valence-corrected chi connectivity index (χ0v) is 9.31. The molecule has 0 aliphatic carbocycles. The van der Waals surface area contributed by atoms with Gasteiger partial charge in [-0.3, -0.25) is 0 Å². The molecular formula is C10H14N6O. The molecule has 1 fully saturated rings. The van der Waals surface area contributed by atoms with Crippen LogP contribution < -0.4 is 11.1 Å². The number of ether oxygens (including phenoxy) is 1. The summed E-state index contributed by atoms with van der Waals surface area (Å²) in [6, 6.07) is 0.290. The van der Waals surface area contributed by atoms with Crippen LogP contribution in [0.1, 0.15) is 5.82 Å². The van der Waals surface area contributed by atoms with Crippen LogP contribution in [0.5, 0.6) is 0 Å². The first kappa shape index (κ1) is 10.4. The Morgan fingerprint density at radius 1 is 1.47 bits per heavy atom. The summed E-state index contributed by atoms with van der Waals surface area (Å²) in [5, 5.41) is 3.37. The van der Waals surface area contributed by atoms with Gasteiger partial charge in [0.05, 0.1) is 13.2 Å². The molecule has 1 unspecified atom stereocenters. The van der Waals surface area contributed by atoms with Crippen LogP contribution in [0.4, 0.5) is 5.82 Å². The first-order valence-electron chi connectivity index (χ1n) is 5.59. The topological polar surface area (TPSA) is 102 Å². The van der Waals surface area contributed by atoms with Gasteiger partial charge >= 0.3 is 0 Å². The molecule has 7 heteroatoms. The number of hydrogen-bond donors (Lipinski definition) is 3. The summed E-state index contributed by atoms with van der Waals surface area (Å²) < 4.78 is 5.40. The van der Waals surface area contributed by atoms with Crippen molar-refractivity contribution in [2.45, 2.75) is 12.5 Å². The Balaban J connectivity index is 1.83. The zero-order valence-electron chi connectivity index (χ0n) is 9.31. The normalized spacial score (nSPS) is 20.8. The molecule has 2 aromatic rings. The second-order valence-electron chi connectivity index (χ2n) is 4.07. The van der Waals surface area contributed by atoms with Crippen molar-refractivity contribution in [2.75, 3.05) is 25.5 Å². The van der Waals surface area contributed by atoms with Crippen LogP contribution in [0.3, 0.4) is 0 Å². The van der Waals surface area contributed by atoms with Crippen LogP contribution in [0, 0.1) is 0 Å². The molecule has 3 rings (SSSR count). The molecular weight excluding hydrogens is 220 g/mol. The van der Waals surface area contributed by atoms with E-state index in [9.17, 15) is 0 Å². The van der Waals surface area contributed by atoms with Gasteiger partial charge in [-0.25, -0.2) is 15.0 Å². The molecule has 1 atom stereocenters. The number of rotatable bonds is 2. The van der Waals surface area contributed by atoms with E-state index in [4.69, 9.17) is 10.5 Å². The summed E-state index contributed by atoms with van der Waals surface area (Å²) in [6.45, 7) is 2.36. The largest absolute Gasteiger partial charge is 0.382 e. The number of anilines is 1. The van der Waals surface area contributed by atoms with Crippen molar-refractivity contribution in [3.63, 3.8) is 0 Å². The molecule has 4 N–H and O–H groups in total. The first-order valence-corrected chi connectivity index (χ1v) is 5.59. The summed E-state index contributed by atoms with van der Waals surface area (Å²) in [7, 11) is 0. The number of morpholine rings is 1. The summed E-state index contributed by atoms with van der Waals surface area (Å²) in [6.07, 6.45) is 2.19. The Morgan fingerprint density at radius 3 is 3.18 bits per heavy atom. The summed E-state index contributed by atoms with van der Waals surface area (Å²) >= 11 is 0. The van der Waals surface area contributed by atoms with Crippen molar-refractivity contribution in [3.05, 3.63) is 12.2 Å². The highest BCUT2D eigenvalue weighted by molar-refractivity contribution is 5.80. The maximum Gasteiger partial charge on any atom is 0.183 e. The van der Waals surface area contributed by atoms with E-state index in [2.05, 4.69) is 25.3 Å². The molecule has 1 saturated heterocycles. The van der Waals surface area contributed by atoms with E-state index in [0.29, 0.717) is 29.6 Å². The van der Waals surface area contributed by atoms with Crippen molar-refractivity contribution in [1.82, 2.24) is 25.3 Å². The molecule has 1 aliphatic rings. The molecule has 3 heterocycles. The molecule has 0 radical (unpaired) electrons. The summed E-state index contributed by atoms with van der Waals surface area (Å²) in [5.41, 5.74) is 7.06. The van der Waals surface area contributed by atoms with Crippen molar-refractivity contribution >= 4 is 17.0 Å². The molecule has 0 saturated carbocycles. The number of aromatic amines is 1. The Morgan fingerprint density at radius 2 is 2.41 bits per heavy atom. The molecule has 7 nitrogen and oxygen atoms in total. The van der Waals surface area contributed by atoms with Gasteiger partial charge in [0.25, 0.3) is 0 Å². The van der Waals surface area contributed by atoms with E-state index in [1.807, 2.05) is 0 Å². The summed E-state index contributed by atoms with van der Waals surface area (Å²) in [4.78, 5) is 15.5. The lowest BCUT2D eigenvalue weighted by Crippen LogP contribution is -2.42. The highest BCUT2D eigenvalue weighted by Crippen LogP contribution is 2.14. The fourth-order valence-electron chi connectivity index (χ4n) is 1.98. The third kappa shape index (κ3) is 2.06. The monoisotopic (exact) mass is 234 g/mol. The van der Waals surface area contributed by atoms with Crippen LogP contribution in [0.15, 0.2) is 6.33 Å². The second-order valence-corrected chi connectivity index (χ2v) is 4.07. The van der Waals surface area contributed by atoms with E-state index in [1.54, 1.807) is 0 Å². The van der Waals surface area contributed by atoms with Gasteiger partial charge in [-0.2, -0.15) is 0 Å². The van der Waals surface area contributed by atoms with Crippen molar-refractivity contribution in [3.8, 4) is 0 Å². The fraction of sp³-hybridized carbons (Fsp3) is 0.500. The highest BCUT2D eigenvalue weighted by atomic mass is 16.5. The quantitative estimate of drug-likeness (QED) is 0.645. The lowest BCUT2D eigenvalue weighted by molar-refractivity contribution is 0.0765. The molecule has 0 bridgehead atoms. The standard InChI is InChI=1S/C10H14N6O/c11-9-8-10(14-5-13-9)16-7(15-8)3-6-4-17-2-1-12-6/h5-6,12H,1-4H2,(H3,11,13,14,15,16). The lowest BCUT2D eigenvalue weighted by Gasteiger charge is -2.22. The van der Waals surface area contributed by atoms with Gasteiger partial charge < -0.3 is 20.8 Å².